The maximum Gasteiger partial charge on any atom is 0.263 e. The zero-order chi connectivity index (χ0) is 15.6. The normalized spacial score (nSPS) is 15.0. The summed E-state index contributed by atoms with van der Waals surface area (Å²) in [7, 11) is -3.72. The van der Waals surface area contributed by atoms with E-state index < -0.39 is 10.0 Å². The molecule has 2 heterocycles. The van der Waals surface area contributed by atoms with Crippen LogP contribution in [0.1, 0.15) is 12.8 Å². The van der Waals surface area contributed by atoms with E-state index in [1.54, 1.807) is 24.3 Å². The lowest BCUT2D eigenvalue weighted by molar-refractivity contribution is 0.601. The first-order valence-electron chi connectivity index (χ1n) is 6.92. The van der Waals surface area contributed by atoms with E-state index in [0.717, 1.165) is 31.7 Å². The number of benzene rings is 1. The van der Waals surface area contributed by atoms with Crippen LogP contribution in [-0.4, -0.2) is 31.7 Å². The van der Waals surface area contributed by atoms with Crippen molar-refractivity contribution in [3.8, 4) is 0 Å². The quantitative estimate of drug-likeness (QED) is 0.927. The third-order valence-corrected chi connectivity index (χ3v) is 5.01. The Morgan fingerprint density at radius 1 is 1.09 bits per heavy atom. The molecule has 0 bridgehead atoms. The minimum Gasteiger partial charge on any atom is -0.355 e. The van der Waals surface area contributed by atoms with Gasteiger partial charge in [0.05, 0.1) is 4.90 Å². The first-order valence-corrected chi connectivity index (χ1v) is 8.78. The van der Waals surface area contributed by atoms with Crippen molar-refractivity contribution in [1.29, 1.82) is 0 Å². The smallest absolute Gasteiger partial charge is 0.263 e. The first kappa shape index (κ1) is 15.1. The number of hydrogen-bond acceptors (Lipinski definition) is 5. The fraction of sp³-hybridized carbons (Fsp3) is 0.286. The highest BCUT2D eigenvalue weighted by Crippen LogP contribution is 2.20. The molecule has 0 spiro atoms. The van der Waals surface area contributed by atoms with Crippen LogP contribution in [0.2, 0.25) is 5.02 Å². The third kappa shape index (κ3) is 3.31. The van der Waals surface area contributed by atoms with Crippen LogP contribution in [0, 0.1) is 0 Å². The van der Waals surface area contributed by atoms with E-state index >= 15 is 0 Å². The Balaban J connectivity index is 1.77. The zero-order valence-electron chi connectivity index (χ0n) is 11.7. The molecule has 2 aromatic rings. The number of hydrogen-bond donors (Lipinski definition) is 1. The van der Waals surface area contributed by atoms with Crippen LogP contribution in [0.4, 0.5) is 11.6 Å². The van der Waals surface area contributed by atoms with E-state index in [4.69, 9.17) is 11.6 Å². The molecule has 1 aliphatic rings. The van der Waals surface area contributed by atoms with Crippen molar-refractivity contribution < 1.29 is 8.42 Å². The van der Waals surface area contributed by atoms with Gasteiger partial charge in [-0.25, -0.2) is 8.42 Å². The number of nitrogens with one attached hydrogen (secondary N) is 1. The van der Waals surface area contributed by atoms with Crippen molar-refractivity contribution in [3.05, 3.63) is 41.4 Å². The highest BCUT2D eigenvalue weighted by atomic mass is 35.5. The van der Waals surface area contributed by atoms with Gasteiger partial charge in [-0.15, -0.1) is 10.2 Å². The molecule has 3 rings (SSSR count). The maximum atomic E-state index is 12.2. The Kier molecular flexibility index (Phi) is 4.17. The van der Waals surface area contributed by atoms with Gasteiger partial charge < -0.3 is 4.90 Å². The lowest BCUT2D eigenvalue weighted by Gasteiger charge is -2.15. The van der Waals surface area contributed by atoms with Gasteiger partial charge in [-0.05, 0) is 43.2 Å². The summed E-state index contributed by atoms with van der Waals surface area (Å²) in [6, 6.07) is 9.44. The molecular weight excluding hydrogens is 324 g/mol. The monoisotopic (exact) mass is 338 g/mol. The van der Waals surface area contributed by atoms with Crippen molar-refractivity contribution in [3.63, 3.8) is 0 Å². The molecule has 0 radical (unpaired) electrons. The number of sulfonamides is 1. The number of nitrogens with zero attached hydrogens (tertiary/aromatic N) is 3. The topological polar surface area (TPSA) is 75.2 Å². The van der Waals surface area contributed by atoms with Crippen molar-refractivity contribution in [2.24, 2.45) is 0 Å². The largest absolute Gasteiger partial charge is 0.355 e. The highest BCUT2D eigenvalue weighted by molar-refractivity contribution is 7.92. The van der Waals surface area contributed by atoms with Crippen LogP contribution >= 0.6 is 11.6 Å². The number of anilines is 2. The average Bonchev–Trinajstić information content (AvgIpc) is 3.02. The lowest BCUT2D eigenvalue weighted by atomic mass is 10.4. The van der Waals surface area contributed by atoms with Crippen LogP contribution in [-0.2, 0) is 10.0 Å². The summed E-state index contributed by atoms with van der Waals surface area (Å²) in [6.45, 7) is 1.92. The summed E-state index contributed by atoms with van der Waals surface area (Å²) < 4.78 is 26.9. The van der Waals surface area contributed by atoms with E-state index in [1.807, 2.05) is 0 Å². The summed E-state index contributed by atoms with van der Waals surface area (Å²) in [5, 5.41) is 8.38. The molecule has 0 saturated carbocycles. The van der Waals surface area contributed by atoms with Crippen LogP contribution in [0.3, 0.4) is 0 Å². The van der Waals surface area contributed by atoms with Gasteiger partial charge in [-0.3, -0.25) is 4.72 Å². The second-order valence-corrected chi connectivity index (χ2v) is 7.15. The molecule has 8 heteroatoms. The number of halogens is 1. The second kappa shape index (κ2) is 6.10. The van der Waals surface area contributed by atoms with E-state index in [2.05, 4.69) is 19.8 Å². The van der Waals surface area contributed by atoms with Crippen molar-refractivity contribution in [2.75, 3.05) is 22.7 Å². The van der Waals surface area contributed by atoms with Crippen LogP contribution < -0.4 is 9.62 Å². The van der Waals surface area contributed by atoms with Crippen molar-refractivity contribution in [2.45, 2.75) is 17.7 Å². The fourth-order valence-corrected chi connectivity index (χ4v) is 3.62. The molecule has 0 unspecified atom stereocenters. The van der Waals surface area contributed by atoms with Crippen LogP contribution in [0.25, 0.3) is 0 Å². The second-order valence-electron chi connectivity index (χ2n) is 5.03. The highest BCUT2D eigenvalue weighted by Gasteiger charge is 2.17. The average molecular weight is 339 g/mol. The molecule has 0 atom stereocenters. The van der Waals surface area contributed by atoms with Gasteiger partial charge in [0, 0.05) is 18.1 Å². The Bertz CT molecular complexity index is 759. The van der Waals surface area contributed by atoms with Gasteiger partial charge in [0.2, 0.25) is 0 Å². The Hall–Kier alpha value is -1.86. The predicted octanol–water partition coefficient (Wildman–Crippen LogP) is 2.53. The predicted molar refractivity (Wildman–Crippen MR) is 85.7 cm³/mol. The maximum absolute atomic E-state index is 12.2. The lowest BCUT2D eigenvalue weighted by Crippen LogP contribution is -2.20. The molecule has 6 nitrogen and oxygen atoms in total. The van der Waals surface area contributed by atoms with E-state index in [9.17, 15) is 8.42 Å². The number of aromatic nitrogens is 2. The van der Waals surface area contributed by atoms with Gasteiger partial charge in [0.15, 0.2) is 11.6 Å². The summed E-state index contributed by atoms with van der Waals surface area (Å²) in [6.07, 6.45) is 2.29. The Labute approximate surface area is 134 Å². The summed E-state index contributed by atoms with van der Waals surface area (Å²) in [5.74, 6) is 0.950. The van der Waals surface area contributed by atoms with Gasteiger partial charge in [0.25, 0.3) is 10.0 Å². The third-order valence-electron chi connectivity index (χ3n) is 3.43. The molecule has 1 fully saturated rings. The Morgan fingerprint density at radius 3 is 2.50 bits per heavy atom. The summed E-state index contributed by atoms with van der Waals surface area (Å²) in [4.78, 5) is 2.22. The standard InChI is InChI=1S/C14H15ClN4O2S/c15-11-4-3-5-12(10-11)22(20,21)18-13-6-7-14(17-16-13)19-8-1-2-9-19/h3-7,10H,1-2,8-9H2,(H,16,18). The molecule has 1 aliphatic heterocycles. The molecule has 22 heavy (non-hydrogen) atoms. The van der Waals surface area contributed by atoms with Crippen molar-refractivity contribution >= 4 is 33.3 Å². The molecule has 0 aliphatic carbocycles. The molecule has 1 aromatic heterocycles. The molecule has 0 amide bonds. The van der Waals surface area contributed by atoms with E-state index in [1.165, 1.54) is 12.1 Å². The first-order chi connectivity index (χ1) is 10.5. The SMILES string of the molecule is O=S(=O)(Nc1ccc(N2CCCC2)nn1)c1cccc(Cl)c1. The fourth-order valence-electron chi connectivity index (χ4n) is 2.33. The number of rotatable bonds is 4. The van der Waals surface area contributed by atoms with Gasteiger partial charge in [0.1, 0.15) is 0 Å². The van der Waals surface area contributed by atoms with Crippen LogP contribution in [0.15, 0.2) is 41.3 Å². The minimum absolute atomic E-state index is 0.0884. The van der Waals surface area contributed by atoms with Gasteiger partial charge in [-0.1, -0.05) is 17.7 Å². The molecule has 116 valence electrons. The molecule has 1 saturated heterocycles. The molecule has 1 N–H and O–H groups in total. The Morgan fingerprint density at radius 2 is 1.86 bits per heavy atom. The summed E-state index contributed by atoms with van der Waals surface area (Å²) in [5.41, 5.74) is 0. The minimum atomic E-state index is -3.72. The van der Waals surface area contributed by atoms with Crippen molar-refractivity contribution in [1.82, 2.24) is 10.2 Å². The van der Waals surface area contributed by atoms with E-state index in [0.29, 0.717) is 5.02 Å². The van der Waals surface area contributed by atoms with E-state index in [-0.39, 0.29) is 10.7 Å². The molecular formula is C14H15ClN4O2S. The van der Waals surface area contributed by atoms with Crippen LogP contribution in [0.5, 0.6) is 0 Å². The zero-order valence-corrected chi connectivity index (χ0v) is 13.3. The molecule has 1 aromatic carbocycles. The summed E-state index contributed by atoms with van der Waals surface area (Å²) >= 11 is 5.82. The van der Waals surface area contributed by atoms with Gasteiger partial charge in [-0.2, -0.15) is 0 Å². The van der Waals surface area contributed by atoms with Gasteiger partial charge >= 0.3 is 0 Å².